The van der Waals surface area contributed by atoms with Crippen molar-refractivity contribution in [1.82, 2.24) is 0 Å². The molecule has 1 aromatic carbocycles. The molecule has 4 unspecified atom stereocenters. The molecular weight excluding hydrogens is 331 g/mol. The van der Waals surface area contributed by atoms with Crippen molar-refractivity contribution in [3.63, 3.8) is 0 Å². The van der Waals surface area contributed by atoms with Crippen LogP contribution in [0.5, 0.6) is 0 Å². The van der Waals surface area contributed by atoms with E-state index in [0.717, 1.165) is 24.1 Å². The van der Waals surface area contributed by atoms with Crippen LogP contribution in [-0.2, 0) is 9.53 Å². The van der Waals surface area contributed by atoms with Gasteiger partial charge in [0.15, 0.2) is 0 Å². The molecule has 3 aliphatic carbocycles. The van der Waals surface area contributed by atoms with Gasteiger partial charge >= 0.3 is 5.97 Å². The van der Waals surface area contributed by atoms with Crippen LogP contribution in [0.4, 0.5) is 4.39 Å². The van der Waals surface area contributed by atoms with Crippen LogP contribution < -0.4 is 11.5 Å². The normalized spacial score (nSPS) is 37.7. The highest BCUT2D eigenvalue weighted by atomic mass is 19.1. The number of hydrogen-bond donors (Lipinski definition) is 2. The molecule has 0 aromatic heterocycles. The number of carbonyl (C=O) groups excluding carboxylic acids is 1. The second kappa shape index (κ2) is 5.12. The molecule has 2 saturated carbocycles. The number of carbonyl (C=O) groups is 1. The van der Waals surface area contributed by atoms with E-state index in [2.05, 4.69) is 13.8 Å². The second-order valence-electron chi connectivity index (χ2n) is 8.48. The van der Waals surface area contributed by atoms with Crippen LogP contribution in [0.2, 0.25) is 0 Å². The van der Waals surface area contributed by atoms with Gasteiger partial charge in [0, 0.05) is 34.7 Å². The Morgan fingerprint density at radius 2 is 2.08 bits per heavy atom. The Labute approximate surface area is 153 Å². The molecule has 0 heterocycles. The molecule has 4 nitrogen and oxygen atoms in total. The Hall–Kier alpha value is -2.30. The first kappa shape index (κ1) is 17.1. The number of esters is 1. The second-order valence-corrected chi connectivity index (χ2v) is 8.48. The van der Waals surface area contributed by atoms with Crippen LogP contribution in [0.3, 0.4) is 0 Å². The molecule has 0 spiro atoms. The molecular formula is C21H25FN2O2. The van der Waals surface area contributed by atoms with E-state index >= 15 is 0 Å². The van der Waals surface area contributed by atoms with E-state index in [-0.39, 0.29) is 33.9 Å². The minimum absolute atomic E-state index is 0.00887. The summed E-state index contributed by atoms with van der Waals surface area (Å²) in [5, 5.41) is 0. The molecule has 0 aliphatic heterocycles. The van der Waals surface area contributed by atoms with Crippen molar-refractivity contribution >= 4 is 11.7 Å². The molecule has 0 radical (unpaired) electrons. The summed E-state index contributed by atoms with van der Waals surface area (Å²) in [5.41, 5.74) is 15.2. The molecule has 4 N–H and O–H groups in total. The highest BCUT2D eigenvalue weighted by Gasteiger charge is 2.82. The predicted octanol–water partition coefficient (Wildman–Crippen LogP) is 3.34. The minimum Gasteiger partial charge on any atom is -0.465 e. The maximum Gasteiger partial charge on any atom is 0.302 e. The van der Waals surface area contributed by atoms with Crippen LogP contribution in [0.25, 0.3) is 5.70 Å². The molecule has 2 fully saturated rings. The van der Waals surface area contributed by atoms with Crippen molar-refractivity contribution in [3.05, 3.63) is 53.0 Å². The maximum absolute atomic E-state index is 14.1. The SMILES string of the molecule is CC(=O)OCC12CC3C(/C=C(\N)c4ccccc4F)=C(N)C(C)(C1)C32C. The summed E-state index contributed by atoms with van der Waals surface area (Å²) in [4.78, 5) is 11.3. The zero-order valence-corrected chi connectivity index (χ0v) is 15.4. The van der Waals surface area contributed by atoms with Crippen molar-refractivity contribution in [2.45, 2.75) is 33.6 Å². The lowest BCUT2D eigenvalue weighted by molar-refractivity contribution is -0.292. The minimum atomic E-state index is -0.336. The fourth-order valence-corrected chi connectivity index (χ4v) is 5.95. The molecule has 0 saturated heterocycles. The number of halogens is 1. The third-order valence-electron chi connectivity index (χ3n) is 7.56. The summed E-state index contributed by atoms with van der Waals surface area (Å²) in [6.07, 6.45) is 3.68. The summed E-state index contributed by atoms with van der Waals surface area (Å²) in [5.74, 6) is -0.318. The largest absolute Gasteiger partial charge is 0.465 e. The highest BCUT2D eigenvalue weighted by molar-refractivity contribution is 5.69. The lowest BCUT2D eigenvalue weighted by Gasteiger charge is -2.76. The molecule has 4 atom stereocenters. The van der Waals surface area contributed by atoms with E-state index in [9.17, 15) is 9.18 Å². The summed E-state index contributed by atoms with van der Waals surface area (Å²) in [6, 6.07) is 6.50. The smallest absolute Gasteiger partial charge is 0.302 e. The quantitative estimate of drug-likeness (QED) is 0.811. The van der Waals surface area contributed by atoms with Gasteiger partial charge in [0.2, 0.25) is 0 Å². The van der Waals surface area contributed by atoms with Crippen LogP contribution in [0.1, 0.15) is 39.2 Å². The zero-order valence-electron chi connectivity index (χ0n) is 15.4. The highest BCUT2D eigenvalue weighted by Crippen LogP contribution is 2.87. The molecule has 4 rings (SSSR count). The first-order valence-corrected chi connectivity index (χ1v) is 9.02. The summed E-state index contributed by atoms with van der Waals surface area (Å²) >= 11 is 0. The van der Waals surface area contributed by atoms with Crippen molar-refractivity contribution < 1.29 is 13.9 Å². The van der Waals surface area contributed by atoms with E-state index in [1.165, 1.54) is 13.0 Å². The number of ether oxygens (including phenoxy) is 1. The van der Waals surface area contributed by atoms with E-state index < -0.39 is 0 Å². The van der Waals surface area contributed by atoms with Crippen molar-refractivity contribution in [3.8, 4) is 0 Å². The van der Waals surface area contributed by atoms with E-state index in [1.807, 2.05) is 6.08 Å². The van der Waals surface area contributed by atoms with Gasteiger partial charge in [-0.3, -0.25) is 4.79 Å². The standard InChI is InChI=1S/C21H25FN2O2/c1-12(25)26-11-21-9-15-14(18(24)19(2,10-21)20(15,21)3)8-17(23)13-6-4-5-7-16(13)22/h4-8,15H,9-11,23-24H2,1-3H3/b17-8-. The van der Waals surface area contributed by atoms with E-state index in [1.54, 1.807) is 18.2 Å². The van der Waals surface area contributed by atoms with Gasteiger partial charge in [0.05, 0.1) is 6.61 Å². The molecule has 0 bridgehead atoms. The van der Waals surface area contributed by atoms with Crippen LogP contribution in [0.15, 0.2) is 41.6 Å². The monoisotopic (exact) mass is 356 g/mol. The fraction of sp³-hybridized carbons (Fsp3) is 0.476. The number of nitrogens with two attached hydrogens (primary N) is 2. The Balaban J connectivity index is 1.67. The first-order valence-electron chi connectivity index (χ1n) is 9.02. The Morgan fingerprint density at radius 3 is 2.73 bits per heavy atom. The van der Waals surface area contributed by atoms with Gasteiger partial charge in [-0.05, 0) is 48.0 Å². The zero-order chi connectivity index (χ0) is 18.9. The van der Waals surface area contributed by atoms with Gasteiger partial charge in [-0.1, -0.05) is 26.0 Å². The number of hydrogen-bond acceptors (Lipinski definition) is 4. The molecule has 26 heavy (non-hydrogen) atoms. The molecule has 0 amide bonds. The third-order valence-corrected chi connectivity index (χ3v) is 7.56. The van der Waals surface area contributed by atoms with Crippen LogP contribution in [-0.4, -0.2) is 12.6 Å². The van der Waals surface area contributed by atoms with Gasteiger partial charge in [-0.2, -0.15) is 0 Å². The molecule has 5 heteroatoms. The summed E-state index contributed by atoms with van der Waals surface area (Å²) < 4.78 is 19.4. The molecule has 1 aromatic rings. The van der Waals surface area contributed by atoms with Crippen molar-refractivity contribution in [2.24, 2.45) is 33.6 Å². The van der Waals surface area contributed by atoms with Gasteiger partial charge in [-0.15, -0.1) is 0 Å². The van der Waals surface area contributed by atoms with Gasteiger partial charge in [0.1, 0.15) is 5.82 Å². The average molecular weight is 356 g/mol. The van der Waals surface area contributed by atoms with Gasteiger partial charge in [0.25, 0.3) is 0 Å². The van der Waals surface area contributed by atoms with Crippen LogP contribution in [0, 0.1) is 28.0 Å². The summed E-state index contributed by atoms with van der Waals surface area (Å²) in [7, 11) is 0. The molecule has 3 aliphatic rings. The molecule has 138 valence electrons. The van der Waals surface area contributed by atoms with Gasteiger partial charge in [-0.25, -0.2) is 4.39 Å². The Morgan fingerprint density at radius 1 is 1.38 bits per heavy atom. The van der Waals surface area contributed by atoms with E-state index in [4.69, 9.17) is 16.2 Å². The van der Waals surface area contributed by atoms with Gasteiger partial charge < -0.3 is 16.2 Å². The maximum atomic E-state index is 14.1. The first-order chi connectivity index (χ1) is 12.2. The van der Waals surface area contributed by atoms with Crippen molar-refractivity contribution in [1.29, 1.82) is 0 Å². The Kier molecular flexibility index (Phi) is 3.37. The van der Waals surface area contributed by atoms with E-state index in [0.29, 0.717) is 17.9 Å². The average Bonchev–Trinajstić information content (AvgIpc) is 2.68. The number of benzene rings is 1. The van der Waals surface area contributed by atoms with Crippen molar-refractivity contribution in [2.75, 3.05) is 6.61 Å². The lowest BCUT2D eigenvalue weighted by atomic mass is 9.27. The number of allylic oxidation sites excluding steroid dienone is 3. The summed E-state index contributed by atoms with van der Waals surface area (Å²) in [6.45, 7) is 6.30. The fourth-order valence-electron chi connectivity index (χ4n) is 5.95. The predicted molar refractivity (Wildman–Crippen MR) is 97.8 cm³/mol. The number of rotatable bonds is 4. The third kappa shape index (κ3) is 1.81. The Bertz CT molecular complexity index is 877. The lowest BCUT2D eigenvalue weighted by Crippen LogP contribution is -2.73. The topological polar surface area (TPSA) is 78.3 Å². The van der Waals surface area contributed by atoms with Crippen LogP contribution >= 0.6 is 0 Å².